The van der Waals surface area contributed by atoms with E-state index in [2.05, 4.69) is 29.6 Å². The predicted octanol–water partition coefficient (Wildman–Crippen LogP) is 5.32. The van der Waals surface area contributed by atoms with E-state index in [1.54, 1.807) is 0 Å². The van der Waals surface area contributed by atoms with Gasteiger partial charge in [0.1, 0.15) is 35.7 Å². The van der Waals surface area contributed by atoms with Crippen LogP contribution in [-0.4, -0.2) is 43.1 Å². The van der Waals surface area contributed by atoms with Crippen molar-refractivity contribution in [1.82, 2.24) is 19.9 Å². The Labute approximate surface area is 313 Å². The average Bonchev–Trinajstić information content (AvgIpc) is 3.89. The van der Waals surface area contributed by atoms with Crippen LogP contribution >= 0.6 is 0 Å². The van der Waals surface area contributed by atoms with Crippen LogP contribution in [0.5, 0.6) is 0 Å². The molecule has 0 saturated carbocycles. The van der Waals surface area contributed by atoms with Gasteiger partial charge < -0.3 is 21.2 Å². The van der Waals surface area contributed by atoms with Crippen LogP contribution in [0.2, 0.25) is 0 Å². The number of nitrogens with two attached hydrogens (primary N) is 2. The molecule has 56 heavy (non-hydrogen) atoms. The van der Waals surface area contributed by atoms with Gasteiger partial charge >= 0.3 is 0 Å². The topological polar surface area (TPSA) is 276 Å². The summed E-state index contributed by atoms with van der Waals surface area (Å²) >= 11 is 0. The molecule has 0 saturated heterocycles. The number of nitrogens with zero attached hydrogens (tertiary/aromatic N) is 10. The molecule has 16 nitrogen and oxygen atoms in total. The summed E-state index contributed by atoms with van der Waals surface area (Å²) < 4.78 is 0. The summed E-state index contributed by atoms with van der Waals surface area (Å²) in [5.41, 5.74) is 16.0. The molecule has 6 aromatic rings. The number of hydrogen-bond acceptors (Lipinski definition) is 14. The van der Waals surface area contributed by atoms with E-state index in [1.165, 1.54) is 36.4 Å². The van der Waals surface area contributed by atoms with Gasteiger partial charge in [0.15, 0.2) is 11.4 Å². The van der Waals surface area contributed by atoms with Crippen molar-refractivity contribution >= 4 is 56.3 Å². The maximum absolute atomic E-state index is 11.8. The highest BCUT2D eigenvalue weighted by atomic mass is 16.2. The Morgan fingerprint density at radius 2 is 0.714 bits per heavy atom. The molecule has 256 valence electrons. The molecule has 0 aliphatic heterocycles. The van der Waals surface area contributed by atoms with Crippen molar-refractivity contribution in [2.45, 2.75) is 0 Å². The van der Waals surface area contributed by atoms with Crippen molar-refractivity contribution in [3.63, 3.8) is 0 Å². The highest BCUT2D eigenvalue weighted by Crippen LogP contribution is 2.55. The summed E-state index contributed by atoms with van der Waals surface area (Å²) in [4.78, 5) is 71.4. The Bertz CT molecular complexity index is 2920. The third-order valence-corrected chi connectivity index (χ3v) is 9.44. The molecule has 16 heteroatoms. The van der Waals surface area contributed by atoms with Crippen LogP contribution in [0.1, 0.15) is 52.8 Å². The van der Waals surface area contributed by atoms with Crippen LogP contribution in [0.3, 0.4) is 0 Å². The fourth-order valence-electron chi connectivity index (χ4n) is 7.06. The minimum absolute atomic E-state index is 0.00797. The number of Topliss-reactive ketones (excluding diaryl/α,β-unsaturated/α-hetero) is 4. The maximum atomic E-state index is 11.8. The minimum Gasteiger partial charge on any atom is -0.388 e. The van der Waals surface area contributed by atoms with Crippen LogP contribution < -0.4 is 11.5 Å². The maximum Gasteiger partial charge on any atom is 0.294 e. The number of nitriles is 4. The highest BCUT2D eigenvalue weighted by molar-refractivity contribution is 6.62. The molecule has 2 heterocycles. The zero-order valence-corrected chi connectivity index (χ0v) is 27.9. The van der Waals surface area contributed by atoms with Gasteiger partial charge in [-0.3, -0.25) is 19.2 Å². The van der Waals surface area contributed by atoms with Crippen LogP contribution in [0.15, 0.2) is 59.9 Å². The molecule has 4 aromatic carbocycles. The van der Waals surface area contributed by atoms with Gasteiger partial charge in [0.2, 0.25) is 34.5 Å². The number of carbonyl (C=O) groups excluding carboxylic acids is 4. The Morgan fingerprint density at radius 1 is 0.464 bits per heavy atom. The van der Waals surface area contributed by atoms with Gasteiger partial charge in [-0.1, -0.05) is 25.3 Å². The number of ketones is 4. The highest BCUT2D eigenvalue weighted by Gasteiger charge is 2.39. The first kappa shape index (κ1) is 33.7. The van der Waals surface area contributed by atoms with Gasteiger partial charge in [-0.25, -0.2) is 9.97 Å². The van der Waals surface area contributed by atoms with Gasteiger partial charge in [-0.15, -0.1) is 9.97 Å². The van der Waals surface area contributed by atoms with Crippen molar-refractivity contribution in [2.75, 3.05) is 0 Å². The number of aromatic nitrogens is 4. The van der Waals surface area contributed by atoms with Crippen LogP contribution in [0, 0.1) is 58.5 Å². The Kier molecular flexibility index (Phi) is 7.24. The number of hydrogen-bond donors (Lipinski definition) is 2. The summed E-state index contributed by atoms with van der Waals surface area (Å²) in [6.07, 6.45) is 0. The van der Waals surface area contributed by atoms with E-state index in [0.717, 1.165) is 33.0 Å². The molecule has 4 N–H and O–H groups in total. The van der Waals surface area contributed by atoms with E-state index in [4.69, 9.17) is 35.1 Å². The zero-order valence-electron chi connectivity index (χ0n) is 27.9. The number of fused-ring (bicyclic) bond motifs is 6. The van der Waals surface area contributed by atoms with Crippen molar-refractivity contribution in [3.8, 4) is 69.3 Å². The van der Waals surface area contributed by atoms with Crippen molar-refractivity contribution in [3.05, 3.63) is 116 Å². The van der Waals surface area contributed by atoms with Crippen LogP contribution in [0.4, 0.5) is 11.6 Å². The molecule has 4 aliphatic rings. The van der Waals surface area contributed by atoms with E-state index in [-0.39, 0.29) is 56.7 Å². The molecule has 0 fully saturated rings. The summed E-state index contributed by atoms with van der Waals surface area (Å²) in [5.74, 6) is -2.32. The first-order chi connectivity index (χ1) is 27.0. The van der Waals surface area contributed by atoms with E-state index < -0.39 is 23.1 Å². The van der Waals surface area contributed by atoms with Crippen LogP contribution in [0.25, 0.3) is 76.3 Å². The van der Waals surface area contributed by atoms with Crippen molar-refractivity contribution in [2.24, 2.45) is 11.5 Å². The van der Waals surface area contributed by atoms with E-state index >= 15 is 0 Å². The number of rotatable bonds is 0. The van der Waals surface area contributed by atoms with Gasteiger partial charge in [0.05, 0.1) is 11.4 Å². The third kappa shape index (κ3) is 4.39. The largest absolute Gasteiger partial charge is 0.388 e. The fourth-order valence-corrected chi connectivity index (χ4v) is 7.06. The van der Waals surface area contributed by atoms with E-state index in [9.17, 15) is 29.7 Å². The number of carbonyl (C=O) groups is 4. The fraction of sp³-hybridized carbons (Fsp3) is 0. The summed E-state index contributed by atoms with van der Waals surface area (Å²) in [6.45, 7) is 14.6. The Morgan fingerprint density at radius 3 is 0.964 bits per heavy atom. The second-order valence-corrected chi connectivity index (χ2v) is 12.1. The molecule has 10 rings (SSSR count). The lowest BCUT2D eigenvalue weighted by molar-refractivity contribution is 0.0823. The van der Waals surface area contributed by atoms with E-state index in [0.29, 0.717) is 33.5 Å². The standard InChI is InChI=1S/C22H4N8.C14H4O4.C4H4N4/c1-25-21-22(26-2)30-20-12-6-4-10-15-9(3-5-11(16(12)15)19(20)29-21)17-18(10)28-14(8-24)13(7-23)27-17;15-11-5-1-2-6-10-8(14(18)12(6)16)4-3-7(9(5)10)13(11)17;5-1-3(7)4(8)2-6/h3-6H;1-4H;7-8H2/b;;4-3-. The molecular weight excluding hydrogens is 713 g/mol. The second kappa shape index (κ2) is 12.1. The first-order valence-electron chi connectivity index (χ1n) is 15.9. The van der Waals surface area contributed by atoms with Gasteiger partial charge in [-0.2, -0.15) is 21.0 Å². The molecule has 2 aromatic heterocycles. The molecule has 0 bridgehead atoms. The monoisotopic (exact) mass is 724 g/mol. The van der Waals surface area contributed by atoms with Crippen molar-refractivity contribution in [1.29, 1.82) is 21.0 Å². The molecule has 0 amide bonds. The van der Waals surface area contributed by atoms with Crippen molar-refractivity contribution < 1.29 is 19.2 Å². The molecule has 4 aliphatic carbocycles. The Hall–Kier alpha value is -9.48. The molecule has 0 radical (unpaired) electrons. The number of allylic oxidation sites excluding steroid dienone is 2. The molecule has 0 spiro atoms. The average molecular weight is 725 g/mol. The third-order valence-electron chi connectivity index (χ3n) is 9.44. The lowest BCUT2D eigenvalue weighted by Crippen LogP contribution is -2.08. The summed E-state index contributed by atoms with van der Waals surface area (Å²) in [5, 5.41) is 37.3. The number of benzene rings is 4. The molecular formula is C40H12N12O4. The first-order valence-corrected chi connectivity index (χ1v) is 15.9. The molecule has 0 unspecified atom stereocenters. The lowest BCUT2D eigenvalue weighted by atomic mass is 9.99. The smallest absolute Gasteiger partial charge is 0.294 e. The predicted molar refractivity (Wildman–Crippen MR) is 194 cm³/mol. The normalized spacial score (nSPS) is 12.8. The Balaban J connectivity index is 0.000000143. The second-order valence-electron chi connectivity index (χ2n) is 12.1. The zero-order chi connectivity index (χ0) is 39.7. The lowest BCUT2D eigenvalue weighted by Gasteiger charge is -2.03. The quantitative estimate of drug-likeness (QED) is 0.114. The van der Waals surface area contributed by atoms with Gasteiger partial charge in [-0.05, 0) is 36.4 Å². The van der Waals surface area contributed by atoms with Gasteiger partial charge in [0, 0.05) is 66.1 Å². The van der Waals surface area contributed by atoms with E-state index in [1.807, 2.05) is 36.4 Å². The van der Waals surface area contributed by atoms with Gasteiger partial charge in [0.25, 0.3) is 11.6 Å². The van der Waals surface area contributed by atoms with Crippen LogP contribution in [-0.2, 0) is 0 Å². The molecule has 0 atom stereocenters. The summed E-state index contributed by atoms with van der Waals surface area (Å²) in [7, 11) is 0. The minimum atomic E-state index is -0.569. The SMILES string of the molecule is N#C/C(N)=C(/N)C#N.O=C1C(=O)c2ccc3c4c(ccc1c24)C(=O)C3=O.[C-]#[N+]c1nc2c(nc1[N+]#[C-])-c1ccc3c4c(ccc-2c14)-c1nc(C#N)c(C#N)nc1-3. The summed E-state index contributed by atoms with van der Waals surface area (Å²) in [6, 6.07) is 20.3.